The van der Waals surface area contributed by atoms with E-state index in [2.05, 4.69) is 0 Å². The first kappa shape index (κ1) is 21.7. The highest BCUT2D eigenvalue weighted by molar-refractivity contribution is 5.87. The van der Waals surface area contributed by atoms with Crippen molar-refractivity contribution in [2.75, 3.05) is 13.7 Å². The van der Waals surface area contributed by atoms with Crippen molar-refractivity contribution in [3.8, 4) is 5.75 Å². The highest BCUT2D eigenvalue weighted by atomic mass is 19.1. The minimum atomic E-state index is -1.47. The molecule has 7 nitrogen and oxygen atoms in total. The lowest BCUT2D eigenvalue weighted by Crippen LogP contribution is -2.55. The minimum Gasteiger partial charge on any atom is -0.497 e. The van der Waals surface area contributed by atoms with Gasteiger partial charge in [0.05, 0.1) is 20.3 Å². The maximum Gasteiger partial charge on any atom is 0.131 e. The molecule has 0 bridgehead atoms. The van der Waals surface area contributed by atoms with Gasteiger partial charge in [-0.1, -0.05) is 18.2 Å². The van der Waals surface area contributed by atoms with Gasteiger partial charge in [0, 0.05) is 34.3 Å². The summed E-state index contributed by atoms with van der Waals surface area (Å²) in [7, 11) is 1.48. The molecule has 1 saturated heterocycles. The van der Waals surface area contributed by atoms with E-state index in [1.807, 2.05) is 29.7 Å². The Labute approximate surface area is 178 Å². The van der Waals surface area contributed by atoms with Crippen molar-refractivity contribution in [3.05, 3.63) is 65.1 Å². The van der Waals surface area contributed by atoms with Gasteiger partial charge >= 0.3 is 0 Å². The van der Waals surface area contributed by atoms with Crippen LogP contribution in [0.3, 0.4) is 0 Å². The summed E-state index contributed by atoms with van der Waals surface area (Å²) < 4.78 is 27.3. The number of rotatable bonds is 5. The Balaban J connectivity index is 1.79. The van der Waals surface area contributed by atoms with Crippen molar-refractivity contribution in [1.82, 2.24) is 4.57 Å². The Morgan fingerprint density at radius 1 is 1.10 bits per heavy atom. The zero-order valence-electron chi connectivity index (χ0n) is 17.3. The standard InChI is InChI=1S/C23H26FNO6/c1-12-4-3-5-17-19(12)15(23-22(29)21(28)20(27)18(11-26)31-23)10-25(17)9-13-6-7-14(30-2)8-16(13)24/h3-8,10,18,20-23,26-29H,9,11H2,1-2H3/t18-,20-,21+,22-,23+/m1/s1. The van der Waals surface area contributed by atoms with Gasteiger partial charge in [-0.3, -0.25) is 0 Å². The quantitative estimate of drug-likeness (QED) is 0.490. The average Bonchev–Trinajstić information content (AvgIpc) is 3.13. The summed E-state index contributed by atoms with van der Waals surface area (Å²) in [5, 5.41) is 41.3. The molecular formula is C23H26FNO6. The van der Waals surface area contributed by atoms with Crippen LogP contribution in [0.25, 0.3) is 10.9 Å². The zero-order valence-corrected chi connectivity index (χ0v) is 17.3. The molecule has 31 heavy (non-hydrogen) atoms. The van der Waals surface area contributed by atoms with Crippen LogP contribution in [0.1, 0.15) is 22.8 Å². The summed E-state index contributed by atoms with van der Waals surface area (Å²) in [5.74, 6) is 0.0275. The molecule has 1 aliphatic rings. The first-order valence-corrected chi connectivity index (χ1v) is 10.1. The molecule has 3 aromatic rings. The van der Waals surface area contributed by atoms with Crippen LogP contribution in [0.5, 0.6) is 5.75 Å². The fraction of sp³-hybridized carbons (Fsp3) is 0.391. The molecular weight excluding hydrogens is 405 g/mol. The van der Waals surface area contributed by atoms with E-state index in [-0.39, 0.29) is 6.54 Å². The van der Waals surface area contributed by atoms with Gasteiger partial charge in [0.15, 0.2) is 0 Å². The van der Waals surface area contributed by atoms with Gasteiger partial charge in [-0.15, -0.1) is 0 Å². The number of fused-ring (bicyclic) bond motifs is 1. The summed E-state index contributed by atoms with van der Waals surface area (Å²) in [4.78, 5) is 0. The van der Waals surface area contributed by atoms with E-state index in [1.54, 1.807) is 18.3 Å². The SMILES string of the molecule is COc1ccc(Cn2cc([C@@H]3O[C@H](CO)[C@@H](O)[C@H](O)[C@H]3O)c3c(C)cccc32)c(F)c1. The van der Waals surface area contributed by atoms with Crippen molar-refractivity contribution < 1.29 is 34.3 Å². The van der Waals surface area contributed by atoms with E-state index in [4.69, 9.17) is 9.47 Å². The number of aryl methyl sites for hydroxylation is 1. The van der Waals surface area contributed by atoms with E-state index in [0.29, 0.717) is 16.9 Å². The Kier molecular flexibility index (Phi) is 6.00. The van der Waals surface area contributed by atoms with E-state index in [9.17, 15) is 24.8 Å². The molecule has 5 atom stereocenters. The number of hydrogen-bond donors (Lipinski definition) is 4. The average molecular weight is 431 g/mol. The third kappa shape index (κ3) is 3.81. The predicted molar refractivity (Wildman–Crippen MR) is 111 cm³/mol. The van der Waals surface area contributed by atoms with Gasteiger partial charge in [0.2, 0.25) is 0 Å². The van der Waals surface area contributed by atoms with Crippen molar-refractivity contribution >= 4 is 10.9 Å². The summed E-state index contributed by atoms with van der Waals surface area (Å²) in [5.41, 5.74) is 2.78. The number of hydrogen-bond acceptors (Lipinski definition) is 6. The van der Waals surface area contributed by atoms with Gasteiger partial charge in [-0.05, 0) is 24.6 Å². The number of nitrogens with zero attached hydrogens (tertiary/aromatic N) is 1. The number of halogens is 1. The molecule has 1 fully saturated rings. The van der Waals surface area contributed by atoms with Crippen molar-refractivity contribution in [2.45, 2.75) is 44.0 Å². The van der Waals surface area contributed by atoms with Gasteiger partial charge in [0.25, 0.3) is 0 Å². The largest absolute Gasteiger partial charge is 0.497 e. The van der Waals surface area contributed by atoms with Crippen LogP contribution in [0.15, 0.2) is 42.6 Å². The van der Waals surface area contributed by atoms with Crippen LogP contribution in [0.2, 0.25) is 0 Å². The van der Waals surface area contributed by atoms with Crippen molar-refractivity contribution in [3.63, 3.8) is 0 Å². The van der Waals surface area contributed by atoms with Crippen LogP contribution < -0.4 is 4.74 Å². The van der Waals surface area contributed by atoms with Gasteiger partial charge in [0.1, 0.15) is 42.1 Å². The topological polar surface area (TPSA) is 104 Å². The summed E-state index contributed by atoms with van der Waals surface area (Å²) >= 11 is 0. The molecule has 0 amide bonds. The second-order valence-corrected chi connectivity index (χ2v) is 7.89. The highest BCUT2D eigenvalue weighted by Crippen LogP contribution is 2.38. The molecule has 1 aliphatic heterocycles. The molecule has 166 valence electrons. The number of aromatic nitrogens is 1. The van der Waals surface area contributed by atoms with E-state index in [0.717, 1.165) is 16.5 Å². The minimum absolute atomic E-state index is 0.229. The zero-order chi connectivity index (χ0) is 22.3. The van der Waals surface area contributed by atoms with E-state index < -0.39 is 42.9 Å². The summed E-state index contributed by atoms with van der Waals surface area (Å²) in [6.45, 7) is 1.64. The number of methoxy groups -OCH3 is 1. The Morgan fingerprint density at radius 2 is 1.87 bits per heavy atom. The fourth-order valence-electron chi connectivity index (χ4n) is 4.24. The normalized spacial score (nSPS) is 26.4. The second-order valence-electron chi connectivity index (χ2n) is 7.89. The van der Waals surface area contributed by atoms with Crippen molar-refractivity contribution in [2.24, 2.45) is 0 Å². The van der Waals surface area contributed by atoms with Gasteiger partial charge in [-0.2, -0.15) is 0 Å². The van der Waals surface area contributed by atoms with E-state index in [1.165, 1.54) is 13.2 Å². The summed E-state index contributed by atoms with van der Waals surface area (Å²) in [6, 6.07) is 10.4. The number of aliphatic hydroxyl groups excluding tert-OH is 4. The second kappa shape index (κ2) is 8.57. The van der Waals surface area contributed by atoms with E-state index >= 15 is 0 Å². The smallest absolute Gasteiger partial charge is 0.131 e. The molecule has 8 heteroatoms. The predicted octanol–water partition coefficient (Wildman–Crippen LogP) is 1.66. The lowest BCUT2D eigenvalue weighted by atomic mass is 9.90. The molecule has 0 aliphatic carbocycles. The molecule has 2 aromatic carbocycles. The van der Waals surface area contributed by atoms with Crippen LogP contribution in [-0.4, -0.2) is 63.1 Å². The maximum atomic E-state index is 14.6. The fourth-order valence-corrected chi connectivity index (χ4v) is 4.24. The molecule has 0 radical (unpaired) electrons. The van der Waals surface area contributed by atoms with Gasteiger partial charge < -0.3 is 34.5 Å². The Bertz CT molecular complexity index is 1080. The Morgan fingerprint density at radius 3 is 2.55 bits per heavy atom. The van der Waals surface area contributed by atoms with Gasteiger partial charge in [-0.25, -0.2) is 4.39 Å². The van der Waals surface area contributed by atoms with Crippen LogP contribution >= 0.6 is 0 Å². The molecule has 1 aromatic heterocycles. The Hall–Kier alpha value is -2.49. The lowest BCUT2D eigenvalue weighted by molar-refractivity contribution is -0.231. The number of ether oxygens (including phenoxy) is 2. The number of aliphatic hydroxyl groups is 4. The van der Waals surface area contributed by atoms with Crippen LogP contribution in [0.4, 0.5) is 4.39 Å². The van der Waals surface area contributed by atoms with Crippen molar-refractivity contribution in [1.29, 1.82) is 0 Å². The third-order valence-electron chi connectivity index (χ3n) is 5.94. The van der Waals surface area contributed by atoms with Crippen LogP contribution in [-0.2, 0) is 11.3 Å². The molecule has 0 unspecified atom stereocenters. The van der Waals surface area contributed by atoms with Crippen LogP contribution in [0, 0.1) is 12.7 Å². The first-order valence-electron chi connectivity index (χ1n) is 10.1. The molecule has 0 spiro atoms. The highest BCUT2D eigenvalue weighted by Gasteiger charge is 2.44. The molecule has 4 N–H and O–H groups in total. The number of benzene rings is 2. The molecule has 2 heterocycles. The third-order valence-corrected chi connectivity index (χ3v) is 5.94. The maximum absolute atomic E-state index is 14.6. The summed E-state index contributed by atoms with van der Waals surface area (Å²) in [6.07, 6.45) is -4.52. The first-order chi connectivity index (χ1) is 14.8. The molecule has 0 saturated carbocycles. The molecule has 4 rings (SSSR count). The monoisotopic (exact) mass is 431 g/mol. The lowest BCUT2D eigenvalue weighted by Gasteiger charge is -2.40.